The van der Waals surface area contributed by atoms with Crippen LogP contribution in [0.4, 0.5) is 4.79 Å². The summed E-state index contributed by atoms with van der Waals surface area (Å²) in [5, 5.41) is 0. The van der Waals surface area contributed by atoms with Crippen molar-refractivity contribution in [3.63, 3.8) is 0 Å². The highest BCUT2D eigenvalue weighted by Gasteiger charge is 2.28. The first-order valence-corrected chi connectivity index (χ1v) is 7.13. The average molecular weight is 254 g/mol. The van der Waals surface area contributed by atoms with E-state index in [9.17, 15) is 4.79 Å². The number of cyclic esters (lactones) is 1. The van der Waals surface area contributed by atoms with E-state index in [1.165, 1.54) is 25.9 Å². The lowest BCUT2D eigenvalue weighted by Gasteiger charge is -2.41. The zero-order valence-electron chi connectivity index (χ0n) is 11.9. The van der Waals surface area contributed by atoms with Gasteiger partial charge in [-0.05, 0) is 59.0 Å². The molecule has 0 aromatic carbocycles. The molecule has 2 aliphatic rings. The van der Waals surface area contributed by atoms with Crippen molar-refractivity contribution >= 4 is 6.09 Å². The Kier molecular flexibility index (Phi) is 4.15. The van der Waals surface area contributed by atoms with Crippen molar-refractivity contribution < 1.29 is 9.53 Å². The van der Waals surface area contributed by atoms with E-state index in [0.29, 0.717) is 12.1 Å². The first-order valence-electron chi connectivity index (χ1n) is 7.13. The van der Waals surface area contributed by atoms with Gasteiger partial charge in [0.05, 0.1) is 6.54 Å². The molecule has 0 saturated carbocycles. The molecule has 2 heterocycles. The molecular weight excluding hydrogens is 228 g/mol. The van der Waals surface area contributed by atoms with E-state index in [-0.39, 0.29) is 6.09 Å². The molecule has 18 heavy (non-hydrogen) atoms. The summed E-state index contributed by atoms with van der Waals surface area (Å²) in [4.78, 5) is 15.7. The van der Waals surface area contributed by atoms with E-state index in [2.05, 4.69) is 25.7 Å². The smallest absolute Gasteiger partial charge is 0.409 e. The van der Waals surface area contributed by atoms with Gasteiger partial charge in [-0.2, -0.15) is 0 Å². The topological polar surface area (TPSA) is 32.8 Å². The molecule has 2 aliphatic heterocycles. The third kappa shape index (κ3) is 3.37. The maximum Gasteiger partial charge on any atom is 0.409 e. The van der Waals surface area contributed by atoms with Crippen molar-refractivity contribution in [1.82, 2.24) is 9.80 Å². The van der Waals surface area contributed by atoms with Gasteiger partial charge in [-0.15, -0.1) is 0 Å². The van der Waals surface area contributed by atoms with Crippen LogP contribution in [0.1, 0.15) is 40.0 Å². The maximum absolute atomic E-state index is 11.3. The van der Waals surface area contributed by atoms with Crippen LogP contribution in [-0.4, -0.2) is 54.2 Å². The van der Waals surface area contributed by atoms with Gasteiger partial charge in [-0.3, -0.25) is 4.90 Å². The number of piperidine rings is 1. The van der Waals surface area contributed by atoms with E-state index >= 15 is 0 Å². The van der Waals surface area contributed by atoms with Crippen molar-refractivity contribution in [2.24, 2.45) is 5.92 Å². The Balaban J connectivity index is 1.69. The number of carbonyl (C=O) groups is 1. The second-order valence-electron chi connectivity index (χ2n) is 6.49. The number of nitrogens with zero attached hydrogens (tertiary/aromatic N) is 2. The number of carbonyl (C=O) groups excluding carboxylic acids is 1. The highest BCUT2D eigenvalue weighted by atomic mass is 16.6. The van der Waals surface area contributed by atoms with Crippen LogP contribution in [-0.2, 0) is 4.74 Å². The molecule has 0 aromatic heterocycles. The number of ether oxygens (including phenoxy) is 1. The highest BCUT2D eigenvalue weighted by Crippen LogP contribution is 2.26. The van der Waals surface area contributed by atoms with Gasteiger partial charge < -0.3 is 9.64 Å². The molecule has 0 unspecified atom stereocenters. The normalized spacial score (nSPS) is 23.5. The Bertz CT molecular complexity index is 291. The first kappa shape index (κ1) is 13.7. The molecule has 0 radical (unpaired) electrons. The van der Waals surface area contributed by atoms with Gasteiger partial charge in [0.25, 0.3) is 0 Å². The van der Waals surface area contributed by atoms with Crippen molar-refractivity contribution in [3.8, 4) is 0 Å². The third-order valence-corrected chi connectivity index (χ3v) is 4.22. The summed E-state index contributed by atoms with van der Waals surface area (Å²) < 4.78 is 4.95. The van der Waals surface area contributed by atoms with E-state index in [0.717, 1.165) is 25.4 Å². The lowest BCUT2D eigenvalue weighted by Crippen LogP contribution is -2.46. The van der Waals surface area contributed by atoms with Crippen LogP contribution in [0.25, 0.3) is 0 Å². The van der Waals surface area contributed by atoms with Gasteiger partial charge in [-0.1, -0.05) is 0 Å². The summed E-state index contributed by atoms with van der Waals surface area (Å²) in [6, 6.07) is 0. The summed E-state index contributed by atoms with van der Waals surface area (Å²) in [5.41, 5.74) is 0.295. The van der Waals surface area contributed by atoms with E-state index in [1.54, 1.807) is 0 Å². The monoisotopic (exact) mass is 254 g/mol. The van der Waals surface area contributed by atoms with Gasteiger partial charge >= 0.3 is 6.09 Å². The summed E-state index contributed by atoms with van der Waals surface area (Å²) in [7, 11) is 0. The zero-order chi connectivity index (χ0) is 13.2. The molecule has 0 N–H and O–H groups in total. The Morgan fingerprint density at radius 2 is 1.89 bits per heavy atom. The van der Waals surface area contributed by atoms with Gasteiger partial charge in [0.15, 0.2) is 0 Å². The molecule has 1 amide bonds. The second kappa shape index (κ2) is 5.47. The molecule has 0 spiro atoms. The molecule has 2 fully saturated rings. The summed E-state index contributed by atoms with van der Waals surface area (Å²) >= 11 is 0. The number of likely N-dealkylation sites (tertiary alicyclic amines) is 1. The van der Waals surface area contributed by atoms with Crippen LogP contribution < -0.4 is 0 Å². The van der Waals surface area contributed by atoms with Crippen molar-refractivity contribution in [2.45, 2.75) is 45.6 Å². The second-order valence-corrected chi connectivity index (χ2v) is 6.49. The first-order chi connectivity index (χ1) is 8.47. The van der Waals surface area contributed by atoms with Crippen LogP contribution in [0.2, 0.25) is 0 Å². The van der Waals surface area contributed by atoms with Crippen LogP contribution in [0.5, 0.6) is 0 Å². The molecule has 104 valence electrons. The molecular formula is C14H26N2O2. The van der Waals surface area contributed by atoms with Crippen LogP contribution in [0, 0.1) is 5.92 Å². The molecule has 0 atom stereocenters. The fraction of sp³-hybridized carbons (Fsp3) is 0.929. The fourth-order valence-electron chi connectivity index (χ4n) is 2.86. The summed E-state index contributed by atoms with van der Waals surface area (Å²) in [6.07, 6.45) is 3.54. The lowest BCUT2D eigenvalue weighted by molar-refractivity contribution is 0.0830. The third-order valence-electron chi connectivity index (χ3n) is 4.22. The average Bonchev–Trinajstić information content (AvgIpc) is 2.72. The molecule has 2 rings (SSSR count). The summed E-state index contributed by atoms with van der Waals surface area (Å²) in [5.74, 6) is 0.775. The molecule has 4 heteroatoms. The number of rotatable bonds is 3. The standard InChI is InChI=1S/C14H26N2O2/c1-14(2,3)16-8-5-12(6-9-16)4-7-15-10-11-18-13(15)17/h12H,4-11H2,1-3H3. The van der Waals surface area contributed by atoms with Crippen molar-refractivity contribution in [3.05, 3.63) is 0 Å². The molecule has 0 aliphatic carbocycles. The summed E-state index contributed by atoms with van der Waals surface area (Å²) in [6.45, 7) is 11.5. The highest BCUT2D eigenvalue weighted by molar-refractivity contribution is 5.69. The predicted octanol–water partition coefficient (Wildman–Crippen LogP) is 2.34. The molecule has 4 nitrogen and oxygen atoms in total. The molecule has 2 saturated heterocycles. The minimum absolute atomic E-state index is 0.123. The van der Waals surface area contributed by atoms with Crippen LogP contribution in [0.3, 0.4) is 0 Å². The number of hydrogen-bond donors (Lipinski definition) is 0. The van der Waals surface area contributed by atoms with Crippen molar-refractivity contribution in [2.75, 3.05) is 32.8 Å². The predicted molar refractivity (Wildman–Crippen MR) is 71.6 cm³/mol. The number of hydrogen-bond acceptors (Lipinski definition) is 3. The Morgan fingerprint density at radius 1 is 1.22 bits per heavy atom. The van der Waals surface area contributed by atoms with Gasteiger partial charge in [-0.25, -0.2) is 4.79 Å². The minimum atomic E-state index is -0.123. The molecule has 0 bridgehead atoms. The lowest BCUT2D eigenvalue weighted by atomic mass is 9.90. The SMILES string of the molecule is CC(C)(C)N1CCC(CCN2CCOC2=O)CC1. The fourth-order valence-corrected chi connectivity index (χ4v) is 2.86. The maximum atomic E-state index is 11.3. The van der Waals surface area contributed by atoms with E-state index < -0.39 is 0 Å². The van der Waals surface area contributed by atoms with Crippen LogP contribution in [0.15, 0.2) is 0 Å². The van der Waals surface area contributed by atoms with Crippen molar-refractivity contribution in [1.29, 1.82) is 0 Å². The largest absolute Gasteiger partial charge is 0.448 e. The van der Waals surface area contributed by atoms with Gasteiger partial charge in [0, 0.05) is 12.1 Å². The Hall–Kier alpha value is -0.770. The zero-order valence-corrected chi connectivity index (χ0v) is 11.9. The Labute approximate surface area is 110 Å². The Morgan fingerprint density at radius 3 is 2.39 bits per heavy atom. The van der Waals surface area contributed by atoms with E-state index in [4.69, 9.17) is 4.74 Å². The van der Waals surface area contributed by atoms with Crippen LogP contribution >= 0.6 is 0 Å². The number of amides is 1. The molecule has 0 aromatic rings. The van der Waals surface area contributed by atoms with Gasteiger partial charge in [0.1, 0.15) is 6.61 Å². The minimum Gasteiger partial charge on any atom is -0.448 e. The van der Waals surface area contributed by atoms with Gasteiger partial charge in [0.2, 0.25) is 0 Å². The van der Waals surface area contributed by atoms with E-state index in [1.807, 2.05) is 4.90 Å². The quantitative estimate of drug-likeness (QED) is 0.775.